The predicted molar refractivity (Wildman–Crippen MR) is 37.5 cm³/mol. The van der Waals surface area contributed by atoms with Gasteiger partial charge in [0.1, 0.15) is 5.15 Å². The number of carbonyl (C=O) groups is 1. The second-order valence-electron chi connectivity index (χ2n) is 1.74. The normalized spacial score (nSPS) is 9.30. The summed E-state index contributed by atoms with van der Waals surface area (Å²) in [5.41, 5.74) is -0.0802. The van der Waals surface area contributed by atoms with Crippen molar-refractivity contribution in [3.63, 3.8) is 0 Å². The van der Waals surface area contributed by atoms with E-state index in [4.69, 9.17) is 11.6 Å². The van der Waals surface area contributed by atoms with Gasteiger partial charge in [0.25, 0.3) is 0 Å². The first kappa shape index (κ1) is 7.02. The van der Waals surface area contributed by atoms with Crippen molar-refractivity contribution in [1.82, 2.24) is 4.98 Å². The van der Waals surface area contributed by atoms with E-state index in [9.17, 15) is 9.59 Å². The molecule has 1 N–H and O–H groups in total. The fourth-order valence-corrected chi connectivity index (χ4v) is 0.810. The van der Waals surface area contributed by atoms with Gasteiger partial charge < -0.3 is 4.98 Å². The summed E-state index contributed by atoms with van der Waals surface area (Å²) in [5, 5.41) is 0.176. The fraction of sp³-hybridized carbons (Fsp3) is 0. The number of carbonyl (C=O) groups excluding carboxylic acids is 1. The minimum atomic E-state index is -0.272. The first-order valence-electron chi connectivity index (χ1n) is 2.57. The second kappa shape index (κ2) is 2.66. The Morgan fingerprint density at radius 1 is 1.50 bits per heavy atom. The van der Waals surface area contributed by atoms with E-state index in [0.29, 0.717) is 6.29 Å². The van der Waals surface area contributed by atoms with Crippen LogP contribution in [0.25, 0.3) is 0 Å². The molecule has 0 aromatic carbocycles. The average molecular weight is 158 g/mol. The van der Waals surface area contributed by atoms with E-state index < -0.39 is 0 Å². The molecule has 1 heterocycles. The Bertz CT molecular complexity index is 305. The van der Waals surface area contributed by atoms with Crippen LogP contribution >= 0.6 is 11.6 Å². The van der Waals surface area contributed by atoms with Crippen LogP contribution in [0.15, 0.2) is 16.9 Å². The van der Waals surface area contributed by atoms with Gasteiger partial charge in [-0.1, -0.05) is 11.6 Å². The monoisotopic (exact) mass is 157 g/mol. The number of halogens is 1. The standard InChI is InChI=1S/C6H4ClNO2/c7-6-2-5(10)1-4(3-9)8-6/h1-3H,(H,8,10). The molecule has 1 aromatic heterocycles. The predicted octanol–water partition coefficient (Wildman–Crippen LogP) is 0.841. The molecular weight excluding hydrogens is 154 g/mol. The Hall–Kier alpha value is -1.09. The van der Waals surface area contributed by atoms with Crippen LogP contribution in [-0.2, 0) is 0 Å². The zero-order valence-electron chi connectivity index (χ0n) is 4.93. The zero-order valence-corrected chi connectivity index (χ0v) is 5.68. The van der Waals surface area contributed by atoms with Gasteiger partial charge in [0.15, 0.2) is 11.7 Å². The number of hydrogen-bond acceptors (Lipinski definition) is 2. The summed E-state index contributed by atoms with van der Waals surface area (Å²) in [7, 11) is 0. The highest BCUT2D eigenvalue weighted by Gasteiger charge is 1.93. The smallest absolute Gasteiger partial charge is 0.183 e. The molecule has 10 heavy (non-hydrogen) atoms. The number of aldehydes is 1. The van der Waals surface area contributed by atoms with Crippen LogP contribution in [0.1, 0.15) is 10.5 Å². The second-order valence-corrected chi connectivity index (χ2v) is 2.14. The van der Waals surface area contributed by atoms with Gasteiger partial charge in [-0.3, -0.25) is 9.59 Å². The molecule has 1 aromatic rings. The maximum absolute atomic E-state index is 10.6. The van der Waals surface area contributed by atoms with Gasteiger partial charge in [0.05, 0.1) is 5.69 Å². The molecule has 52 valence electrons. The number of hydrogen-bond donors (Lipinski definition) is 1. The van der Waals surface area contributed by atoms with E-state index in [0.717, 1.165) is 0 Å². The Labute approximate surface area is 61.6 Å². The summed E-state index contributed by atoms with van der Waals surface area (Å²) in [6.07, 6.45) is 0.535. The molecule has 0 saturated heterocycles. The minimum absolute atomic E-state index is 0.176. The summed E-state index contributed by atoms with van der Waals surface area (Å²) in [5.74, 6) is 0. The molecule has 0 atom stereocenters. The quantitative estimate of drug-likeness (QED) is 0.485. The Morgan fingerprint density at radius 3 is 2.70 bits per heavy atom. The highest BCUT2D eigenvalue weighted by molar-refractivity contribution is 6.29. The summed E-state index contributed by atoms with van der Waals surface area (Å²) >= 11 is 5.41. The van der Waals surface area contributed by atoms with E-state index >= 15 is 0 Å². The van der Waals surface area contributed by atoms with Crippen LogP contribution in [0.4, 0.5) is 0 Å². The molecule has 0 bridgehead atoms. The molecular formula is C6H4ClNO2. The van der Waals surface area contributed by atoms with Crippen molar-refractivity contribution in [3.05, 3.63) is 33.2 Å². The Kier molecular flexibility index (Phi) is 1.87. The third kappa shape index (κ3) is 1.45. The van der Waals surface area contributed by atoms with Gasteiger partial charge >= 0.3 is 0 Å². The van der Waals surface area contributed by atoms with Crippen LogP contribution < -0.4 is 5.43 Å². The number of aromatic amines is 1. The molecule has 0 unspecified atom stereocenters. The summed E-state index contributed by atoms with van der Waals surface area (Å²) in [4.78, 5) is 23.2. The van der Waals surface area contributed by atoms with Gasteiger partial charge in [0, 0.05) is 12.1 Å². The minimum Gasteiger partial charge on any atom is -0.343 e. The zero-order chi connectivity index (χ0) is 7.56. The molecule has 0 radical (unpaired) electrons. The highest BCUT2D eigenvalue weighted by Crippen LogP contribution is 1.98. The van der Waals surface area contributed by atoms with Gasteiger partial charge in [-0.05, 0) is 0 Å². The van der Waals surface area contributed by atoms with E-state index in [-0.39, 0.29) is 16.3 Å². The largest absolute Gasteiger partial charge is 0.343 e. The van der Waals surface area contributed by atoms with Crippen LogP contribution in [0, 0.1) is 0 Å². The van der Waals surface area contributed by atoms with Crippen molar-refractivity contribution in [2.75, 3.05) is 0 Å². The number of H-pyrrole nitrogens is 1. The number of nitrogens with one attached hydrogen (secondary N) is 1. The lowest BCUT2D eigenvalue weighted by molar-refractivity contribution is 0.111. The van der Waals surface area contributed by atoms with E-state index in [1.807, 2.05) is 0 Å². The molecule has 0 aliphatic heterocycles. The lowest BCUT2D eigenvalue weighted by atomic mass is 10.4. The summed E-state index contributed by atoms with van der Waals surface area (Å²) < 4.78 is 0. The van der Waals surface area contributed by atoms with Crippen molar-refractivity contribution in [3.8, 4) is 0 Å². The van der Waals surface area contributed by atoms with Crippen LogP contribution in [-0.4, -0.2) is 11.3 Å². The first-order valence-corrected chi connectivity index (χ1v) is 2.95. The van der Waals surface area contributed by atoms with Gasteiger partial charge in [-0.25, -0.2) is 0 Å². The lowest BCUT2D eigenvalue weighted by Crippen LogP contribution is -2.01. The maximum Gasteiger partial charge on any atom is 0.183 e. The van der Waals surface area contributed by atoms with Crippen LogP contribution in [0.5, 0.6) is 0 Å². The molecule has 0 aliphatic carbocycles. The van der Waals surface area contributed by atoms with Crippen LogP contribution in [0.2, 0.25) is 5.15 Å². The van der Waals surface area contributed by atoms with E-state index in [2.05, 4.69) is 4.98 Å². The van der Waals surface area contributed by atoms with E-state index in [1.54, 1.807) is 0 Å². The van der Waals surface area contributed by atoms with Crippen molar-refractivity contribution in [2.24, 2.45) is 0 Å². The summed E-state index contributed by atoms with van der Waals surface area (Å²) in [6, 6.07) is 2.38. The van der Waals surface area contributed by atoms with Gasteiger partial charge in [-0.15, -0.1) is 0 Å². The molecule has 1 rings (SSSR count). The molecule has 3 nitrogen and oxygen atoms in total. The number of rotatable bonds is 1. The lowest BCUT2D eigenvalue weighted by Gasteiger charge is -1.89. The van der Waals surface area contributed by atoms with Crippen molar-refractivity contribution in [2.45, 2.75) is 0 Å². The summed E-state index contributed by atoms with van der Waals surface area (Å²) in [6.45, 7) is 0. The van der Waals surface area contributed by atoms with Gasteiger partial charge in [0.2, 0.25) is 0 Å². The Morgan fingerprint density at radius 2 is 2.20 bits per heavy atom. The molecule has 0 saturated carbocycles. The molecule has 0 aliphatic rings. The van der Waals surface area contributed by atoms with Crippen molar-refractivity contribution < 1.29 is 4.79 Å². The molecule has 0 fully saturated rings. The topological polar surface area (TPSA) is 49.9 Å². The molecule has 0 amide bonds. The van der Waals surface area contributed by atoms with Crippen molar-refractivity contribution >= 4 is 17.9 Å². The van der Waals surface area contributed by atoms with Crippen molar-refractivity contribution in [1.29, 1.82) is 0 Å². The Balaban J connectivity index is 3.32. The third-order valence-electron chi connectivity index (χ3n) is 0.957. The average Bonchev–Trinajstić information content (AvgIpc) is 1.85. The van der Waals surface area contributed by atoms with Gasteiger partial charge in [-0.2, -0.15) is 0 Å². The highest BCUT2D eigenvalue weighted by atomic mass is 35.5. The maximum atomic E-state index is 10.6. The SMILES string of the molecule is O=Cc1cc(=O)cc(Cl)[nH]1. The fourth-order valence-electron chi connectivity index (χ4n) is 0.593. The van der Waals surface area contributed by atoms with Crippen LogP contribution in [0.3, 0.4) is 0 Å². The number of pyridine rings is 1. The number of aromatic nitrogens is 1. The first-order chi connectivity index (χ1) is 4.72. The molecule has 4 heteroatoms. The molecule has 0 spiro atoms. The third-order valence-corrected chi connectivity index (χ3v) is 1.16. The van der Waals surface area contributed by atoms with E-state index in [1.165, 1.54) is 12.1 Å².